The minimum Gasteiger partial charge on any atom is -0.392 e. The lowest BCUT2D eigenvalue weighted by atomic mass is 9.95. The lowest BCUT2D eigenvalue weighted by Crippen LogP contribution is -2.22. The van der Waals surface area contributed by atoms with E-state index in [0.29, 0.717) is 6.04 Å². The maximum absolute atomic E-state index is 9.80. The molecule has 4 aromatic rings. The molecule has 0 aliphatic heterocycles. The zero-order valence-electron chi connectivity index (χ0n) is 16.2. The average Bonchev–Trinajstić information content (AvgIpc) is 3.43. The fourth-order valence-corrected chi connectivity index (χ4v) is 4.16. The molecule has 0 saturated heterocycles. The molecule has 7 heteroatoms. The lowest BCUT2D eigenvalue weighted by Gasteiger charge is -2.23. The number of aromatic amines is 1. The Balaban J connectivity index is 1.53. The molecule has 1 aliphatic rings. The van der Waals surface area contributed by atoms with Crippen molar-refractivity contribution >= 4 is 11.5 Å². The summed E-state index contributed by atoms with van der Waals surface area (Å²) in [7, 11) is 0. The molecule has 5 rings (SSSR count). The van der Waals surface area contributed by atoms with E-state index in [1.165, 1.54) is 32.1 Å². The number of imidazole rings is 1. The largest absolute Gasteiger partial charge is 0.392 e. The smallest absolute Gasteiger partial charge is 0.137 e. The molecule has 0 aromatic carbocycles. The highest BCUT2D eigenvalue weighted by Crippen LogP contribution is 2.28. The van der Waals surface area contributed by atoms with Crippen molar-refractivity contribution in [2.75, 3.05) is 5.32 Å². The Hall–Kier alpha value is -3.19. The van der Waals surface area contributed by atoms with Gasteiger partial charge < -0.3 is 10.4 Å². The topological polar surface area (TPSA) is 91.1 Å². The van der Waals surface area contributed by atoms with Gasteiger partial charge in [-0.1, -0.05) is 25.3 Å². The summed E-state index contributed by atoms with van der Waals surface area (Å²) in [5.41, 5.74) is 5.23. The third-order valence-electron chi connectivity index (χ3n) is 5.68. The van der Waals surface area contributed by atoms with Crippen LogP contribution in [-0.2, 0) is 6.61 Å². The molecule has 0 spiro atoms. The Morgan fingerprint density at radius 1 is 1.17 bits per heavy atom. The summed E-state index contributed by atoms with van der Waals surface area (Å²) in [5.74, 6) is 0.909. The van der Waals surface area contributed by atoms with Crippen LogP contribution < -0.4 is 5.32 Å². The van der Waals surface area contributed by atoms with Gasteiger partial charge in [0.15, 0.2) is 0 Å². The van der Waals surface area contributed by atoms with Crippen LogP contribution in [0.5, 0.6) is 0 Å². The molecule has 4 heterocycles. The van der Waals surface area contributed by atoms with E-state index in [1.54, 1.807) is 6.20 Å². The van der Waals surface area contributed by atoms with Crippen LogP contribution in [0.15, 0.2) is 49.1 Å². The first kappa shape index (κ1) is 17.9. The third-order valence-corrected chi connectivity index (χ3v) is 5.68. The minimum atomic E-state index is -0.0573. The van der Waals surface area contributed by atoms with Gasteiger partial charge in [-0.2, -0.15) is 5.10 Å². The second-order valence-corrected chi connectivity index (χ2v) is 7.62. The Morgan fingerprint density at radius 2 is 2.07 bits per heavy atom. The maximum Gasteiger partial charge on any atom is 0.137 e. The highest BCUT2D eigenvalue weighted by molar-refractivity contribution is 5.71. The molecule has 1 fully saturated rings. The van der Waals surface area contributed by atoms with E-state index in [0.717, 1.165) is 39.5 Å². The molecule has 0 bridgehead atoms. The maximum atomic E-state index is 9.80. The zero-order chi connectivity index (χ0) is 19.6. The number of H-pyrrole nitrogens is 1. The van der Waals surface area contributed by atoms with Crippen LogP contribution in [0.1, 0.15) is 37.7 Å². The van der Waals surface area contributed by atoms with Crippen LogP contribution in [0.4, 0.5) is 5.82 Å². The summed E-state index contributed by atoms with van der Waals surface area (Å²) in [5, 5.41) is 20.3. The molecule has 3 N–H and O–H groups in total. The molecule has 0 unspecified atom stereocenters. The Bertz CT molecular complexity index is 1110. The van der Waals surface area contributed by atoms with Crippen LogP contribution >= 0.6 is 0 Å². The second-order valence-electron chi connectivity index (χ2n) is 7.62. The number of pyridine rings is 2. The normalized spacial score (nSPS) is 15.1. The molecule has 29 heavy (non-hydrogen) atoms. The van der Waals surface area contributed by atoms with E-state index in [1.807, 2.05) is 47.3 Å². The highest BCUT2D eigenvalue weighted by Gasteiger charge is 2.16. The van der Waals surface area contributed by atoms with Crippen molar-refractivity contribution in [3.05, 3.63) is 54.6 Å². The first-order valence-corrected chi connectivity index (χ1v) is 10.2. The number of nitrogens with one attached hydrogen (secondary N) is 2. The van der Waals surface area contributed by atoms with E-state index in [2.05, 4.69) is 20.5 Å². The van der Waals surface area contributed by atoms with Crippen LogP contribution in [0.2, 0.25) is 0 Å². The van der Waals surface area contributed by atoms with Gasteiger partial charge in [0, 0.05) is 29.6 Å². The Morgan fingerprint density at radius 3 is 2.86 bits per heavy atom. The van der Waals surface area contributed by atoms with E-state index in [-0.39, 0.29) is 6.61 Å². The van der Waals surface area contributed by atoms with Crippen molar-refractivity contribution in [2.24, 2.45) is 0 Å². The van der Waals surface area contributed by atoms with Crippen LogP contribution in [-0.4, -0.2) is 35.7 Å². The van der Waals surface area contributed by atoms with E-state index in [4.69, 9.17) is 4.98 Å². The van der Waals surface area contributed by atoms with Gasteiger partial charge in [-0.3, -0.25) is 9.50 Å². The predicted octanol–water partition coefficient (Wildman–Crippen LogP) is 4.02. The molecule has 7 nitrogen and oxygen atoms in total. The number of nitrogens with zero attached hydrogens (tertiary/aromatic N) is 4. The molecule has 4 aromatic heterocycles. The van der Waals surface area contributed by atoms with Crippen molar-refractivity contribution < 1.29 is 5.11 Å². The van der Waals surface area contributed by atoms with Crippen LogP contribution in [0.25, 0.3) is 28.2 Å². The number of aromatic nitrogens is 5. The first-order chi connectivity index (χ1) is 14.3. The molecule has 1 saturated carbocycles. The van der Waals surface area contributed by atoms with E-state index in [9.17, 15) is 5.11 Å². The standard InChI is InChI=1S/C22H24N6O/c29-14-15-9-22-23-12-20(28(22)13-18(15)16-10-24-25-11-16)19-7-4-8-21(27-19)26-17-5-2-1-3-6-17/h4,7-13,17,29H,1-3,5-6,14H2,(H,24,25)(H,26,27). The average molecular weight is 388 g/mol. The first-order valence-electron chi connectivity index (χ1n) is 10.2. The van der Waals surface area contributed by atoms with Crippen molar-refractivity contribution in [1.82, 2.24) is 24.6 Å². The SMILES string of the molecule is OCc1cc2ncc(-c3cccc(NC4CCCCC4)n3)n2cc1-c1cn[nH]c1. The van der Waals surface area contributed by atoms with E-state index >= 15 is 0 Å². The van der Waals surface area contributed by atoms with Gasteiger partial charge in [-0.25, -0.2) is 9.97 Å². The molecule has 0 atom stereocenters. The van der Waals surface area contributed by atoms with Crippen molar-refractivity contribution in [2.45, 2.75) is 44.8 Å². The van der Waals surface area contributed by atoms with Gasteiger partial charge in [0.2, 0.25) is 0 Å². The Labute approximate surface area is 168 Å². The van der Waals surface area contributed by atoms with Crippen molar-refractivity contribution in [3.8, 4) is 22.5 Å². The Kier molecular flexibility index (Phi) is 4.73. The third kappa shape index (κ3) is 3.49. The molecule has 0 radical (unpaired) electrons. The summed E-state index contributed by atoms with van der Waals surface area (Å²) < 4.78 is 2.02. The number of hydrogen-bond acceptors (Lipinski definition) is 5. The van der Waals surface area contributed by atoms with Crippen LogP contribution in [0.3, 0.4) is 0 Å². The number of hydrogen-bond donors (Lipinski definition) is 3. The summed E-state index contributed by atoms with van der Waals surface area (Å²) in [6, 6.07) is 8.49. The van der Waals surface area contributed by atoms with E-state index < -0.39 is 0 Å². The number of fused-ring (bicyclic) bond motifs is 1. The minimum absolute atomic E-state index is 0.0573. The van der Waals surface area contributed by atoms with Crippen LogP contribution in [0, 0.1) is 0 Å². The van der Waals surface area contributed by atoms with Gasteiger partial charge in [0.1, 0.15) is 11.5 Å². The fraction of sp³-hybridized carbons (Fsp3) is 0.318. The number of anilines is 1. The molecule has 0 amide bonds. The monoisotopic (exact) mass is 388 g/mol. The summed E-state index contributed by atoms with van der Waals surface area (Å²) >= 11 is 0. The van der Waals surface area contributed by atoms with Crippen molar-refractivity contribution in [3.63, 3.8) is 0 Å². The quantitative estimate of drug-likeness (QED) is 0.480. The lowest BCUT2D eigenvalue weighted by molar-refractivity contribution is 0.282. The number of aliphatic hydroxyl groups is 1. The number of rotatable bonds is 5. The fourth-order valence-electron chi connectivity index (χ4n) is 4.16. The summed E-state index contributed by atoms with van der Waals surface area (Å²) in [6.45, 7) is -0.0573. The molecular weight excluding hydrogens is 364 g/mol. The molecule has 148 valence electrons. The van der Waals surface area contributed by atoms with Gasteiger partial charge in [-0.05, 0) is 36.6 Å². The van der Waals surface area contributed by atoms with Crippen molar-refractivity contribution in [1.29, 1.82) is 0 Å². The van der Waals surface area contributed by atoms with Gasteiger partial charge in [-0.15, -0.1) is 0 Å². The van der Waals surface area contributed by atoms with Gasteiger partial charge >= 0.3 is 0 Å². The van der Waals surface area contributed by atoms with Gasteiger partial charge in [0.25, 0.3) is 0 Å². The summed E-state index contributed by atoms with van der Waals surface area (Å²) in [4.78, 5) is 9.39. The zero-order valence-corrected chi connectivity index (χ0v) is 16.2. The predicted molar refractivity (Wildman–Crippen MR) is 112 cm³/mol. The van der Waals surface area contributed by atoms with Gasteiger partial charge in [0.05, 0.1) is 30.4 Å². The number of aliphatic hydroxyl groups excluding tert-OH is 1. The molecule has 1 aliphatic carbocycles. The highest BCUT2D eigenvalue weighted by atomic mass is 16.3. The second kappa shape index (κ2) is 7.67. The molecular formula is C22H24N6O. The summed E-state index contributed by atoms with van der Waals surface area (Å²) in [6.07, 6.45) is 13.7.